The Kier molecular flexibility index (Phi) is 3.64. The zero-order valence-electron chi connectivity index (χ0n) is 10.7. The minimum atomic E-state index is -1.08. The lowest BCUT2D eigenvalue weighted by Gasteiger charge is -2.14. The summed E-state index contributed by atoms with van der Waals surface area (Å²) in [4.78, 5) is 0. The average Bonchev–Trinajstić information content (AvgIpc) is 3.23. The van der Waals surface area contributed by atoms with Crippen molar-refractivity contribution in [2.75, 3.05) is 0 Å². The summed E-state index contributed by atoms with van der Waals surface area (Å²) < 4.78 is 19.4. The summed E-state index contributed by atoms with van der Waals surface area (Å²) in [5.41, 5.74) is 0.685. The fourth-order valence-corrected chi connectivity index (χ4v) is 2.31. The van der Waals surface area contributed by atoms with Crippen LogP contribution in [0.25, 0.3) is 0 Å². The molecule has 1 saturated carbocycles. The summed E-state index contributed by atoms with van der Waals surface area (Å²) in [7, 11) is 0. The van der Waals surface area contributed by atoms with Crippen LogP contribution in [0.3, 0.4) is 0 Å². The van der Waals surface area contributed by atoms with Crippen LogP contribution in [0.1, 0.15) is 30.1 Å². The van der Waals surface area contributed by atoms with Gasteiger partial charge in [0.2, 0.25) is 0 Å². The molecule has 1 atom stereocenters. The predicted octanol–water partition coefficient (Wildman–Crippen LogP) is 4.10. The maximum atomic E-state index is 13.8. The quantitative estimate of drug-likeness (QED) is 0.919. The number of hydrogen-bond acceptors (Lipinski definition) is 2. The molecule has 2 nitrogen and oxygen atoms in total. The Bertz CT molecular complexity index is 588. The Labute approximate surface area is 121 Å². The summed E-state index contributed by atoms with van der Waals surface area (Å²) >= 11 is 5.96. The highest BCUT2D eigenvalue weighted by Gasteiger charge is 2.23. The molecule has 1 aliphatic carbocycles. The predicted molar refractivity (Wildman–Crippen MR) is 75.6 cm³/mol. The van der Waals surface area contributed by atoms with Crippen molar-refractivity contribution in [3.63, 3.8) is 0 Å². The molecule has 1 N–H and O–H groups in total. The van der Waals surface area contributed by atoms with Crippen molar-refractivity contribution < 1.29 is 14.2 Å². The molecule has 2 aromatic carbocycles. The first kappa shape index (κ1) is 13.4. The van der Waals surface area contributed by atoms with Gasteiger partial charge in [-0.05, 0) is 42.7 Å². The minimum Gasteiger partial charge on any atom is -0.490 e. The lowest BCUT2D eigenvalue weighted by atomic mass is 10.0. The smallest absolute Gasteiger partial charge is 0.130 e. The highest BCUT2D eigenvalue weighted by molar-refractivity contribution is 6.31. The van der Waals surface area contributed by atoms with E-state index in [4.69, 9.17) is 16.3 Å². The van der Waals surface area contributed by atoms with E-state index < -0.39 is 11.9 Å². The summed E-state index contributed by atoms with van der Waals surface area (Å²) in [6.45, 7) is 0. The number of rotatable bonds is 4. The highest BCUT2D eigenvalue weighted by Crippen LogP contribution is 2.32. The zero-order valence-corrected chi connectivity index (χ0v) is 11.5. The van der Waals surface area contributed by atoms with Gasteiger partial charge in [0.15, 0.2) is 0 Å². The average molecular weight is 293 g/mol. The molecule has 1 aliphatic rings. The molecule has 3 rings (SSSR count). The standard InChI is InChI=1S/C16H14ClFO2/c17-13-2-1-3-14(18)15(13)16(19)10-4-6-11(7-5-10)20-12-8-9-12/h1-7,12,16,19H,8-9H2. The molecule has 0 aliphatic heterocycles. The first-order chi connectivity index (χ1) is 9.65. The normalized spacial score (nSPS) is 15.9. The third kappa shape index (κ3) is 2.79. The summed E-state index contributed by atoms with van der Waals surface area (Å²) in [5, 5.41) is 10.5. The van der Waals surface area contributed by atoms with Gasteiger partial charge in [-0.25, -0.2) is 4.39 Å². The van der Waals surface area contributed by atoms with Gasteiger partial charge >= 0.3 is 0 Å². The van der Waals surface area contributed by atoms with Crippen LogP contribution in [0, 0.1) is 5.82 Å². The molecule has 0 bridgehead atoms. The SMILES string of the molecule is OC(c1ccc(OC2CC2)cc1)c1c(F)cccc1Cl. The lowest BCUT2D eigenvalue weighted by Crippen LogP contribution is -2.04. The van der Waals surface area contributed by atoms with Crippen LogP contribution in [0.4, 0.5) is 4.39 Å². The van der Waals surface area contributed by atoms with Crippen molar-refractivity contribution in [1.82, 2.24) is 0 Å². The monoisotopic (exact) mass is 292 g/mol. The van der Waals surface area contributed by atoms with Gasteiger partial charge in [-0.3, -0.25) is 0 Å². The van der Waals surface area contributed by atoms with Crippen LogP contribution < -0.4 is 4.74 Å². The Hall–Kier alpha value is -1.58. The van der Waals surface area contributed by atoms with Gasteiger partial charge in [-0.15, -0.1) is 0 Å². The van der Waals surface area contributed by atoms with Gasteiger partial charge in [0.05, 0.1) is 6.10 Å². The third-order valence-electron chi connectivity index (χ3n) is 3.30. The molecular weight excluding hydrogens is 279 g/mol. The van der Waals surface area contributed by atoms with E-state index in [1.165, 1.54) is 12.1 Å². The highest BCUT2D eigenvalue weighted by atomic mass is 35.5. The van der Waals surface area contributed by atoms with E-state index in [-0.39, 0.29) is 10.6 Å². The Morgan fingerprint density at radius 1 is 1.15 bits per heavy atom. The van der Waals surface area contributed by atoms with Crippen molar-refractivity contribution >= 4 is 11.6 Å². The summed E-state index contributed by atoms with van der Waals surface area (Å²) in [6, 6.07) is 11.4. The van der Waals surface area contributed by atoms with E-state index in [0.717, 1.165) is 18.6 Å². The van der Waals surface area contributed by atoms with Gasteiger partial charge in [-0.2, -0.15) is 0 Å². The third-order valence-corrected chi connectivity index (χ3v) is 3.63. The van der Waals surface area contributed by atoms with Crippen LogP contribution in [0.2, 0.25) is 5.02 Å². The van der Waals surface area contributed by atoms with Crippen molar-refractivity contribution in [2.45, 2.75) is 25.0 Å². The van der Waals surface area contributed by atoms with Crippen molar-refractivity contribution in [2.24, 2.45) is 0 Å². The topological polar surface area (TPSA) is 29.5 Å². The second kappa shape index (κ2) is 5.43. The van der Waals surface area contributed by atoms with Crippen molar-refractivity contribution in [1.29, 1.82) is 0 Å². The van der Waals surface area contributed by atoms with Crippen LogP contribution in [0.15, 0.2) is 42.5 Å². The van der Waals surface area contributed by atoms with Crippen LogP contribution in [0.5, 0.6) is 5.75 Å². The number of benzene rings is 2. The molecule has 20 heavy (non-hydrogen) atoms. The summed E-state index contributed by atoms with van der Waals surface area (Å²) in [6.07, 6.45) is 1.43. The molecule has 0 amide bonds. The number of aliphatic hydroxyl groups is 1. The Balaban J connectivity index is 1.84. The molecule has 0 saturated heterocycles. The molecule has 0 radical (unpaired) electrons. The molecule has 1 unspecified atom stereocenters. The van der Waals surface area contributed by atoms with Gasteiger partial charge in [0, 0.05) is 10.6 Å². The second-order valence-corrected chi connectivity index (χ2v) is 5.33. The maximum absolute atomic E-state index is 13.8. The number of hydrogen-bond donors (Lipinski definition) is 1. The van der Waals surface area contributed by atoms with Crippen molar-refractivity contribution in [3.8, 4) is 5.75 Å². The first-order valence-electron chi connectivity index (χ1n) is 6.54. The lowest BCUT2D eigenvalue weighted by molar-refractivity contribution is 0.215. The minimum absolute atomic E-state index is 0.102. The van der Waals surface area contributed by atoms with E-state index in [2.05, 4.69) is 0 Å². The number of halogens is 2. The second-order valence-electron chi connectivity index (χ2n) is 4.92. The van der Waals surface area contributed by atoms with Crippen LogP contribution >= 0.6 is 11.6 Å². The van der Waals surface area contributed by atoms with Gasteiger partial charge < -0.3 is 9.84 Å². The van der Waals surface area contributed by atoms with E-state index >= 15 is 0 Å². The molecule has 2 aromatic rings. The summed E-state index contributed by atoms with van der Waals surface area (Å²) in [5.74, 6) is 0.256. The maximum Gasteiger partial charge on any atom is 0.130 e. The van der Waals surface area contributed by atoms with Crippen LogP contribution in [-0.2, 0) is 0 Å². The molecular formula is C16H14ClFO2. The molecule has 4 heteroatoms. The zero-order chi connectivity index (χ0) is 14.1. The molecule has 0 spiro atoms. The molecule has 0 heterocycles. The van der Waals surface area contributed by atoms with Gasteiger partial charge in [0.25, 0.3) is 0 Å². The van der Waals surface area contributed by atoms with E-state index in [1.807, 2.05) is 0 Å². The van der Waals surface area contributed by atoms with Crippen LogP contribution in [-0.4, -0.2) is 11.2 Å². The fourth-order valence-electron chi connectivity index (χ4n) is 2.05. The van der Waals surface area contributed by atoms with E-state index in [1.54, 1.807) is 30.3 Å². The Morgan fingerprint density at radius 3 is 2.45 bits per heavy atom. The van der Waals surface area contributed by atoms with Gasteiger partial charge in [-0.1, -0.05) is 29.8 Å². The van der Waals surface area contributed by atoms with E-state index in [9.17, 15) is 9.50 Å². The molecule has 1 fully saturated rings. The first-order valence-corrected chi connectivity index (χ1v) is 6.91. The fraction of sp³-hybridized carbons (Fsp3) is 0.250. The van der Waals surface area contributed by atoms with Gasteiger partial charge in [0.1, 0.15) is 17.7 Å². The van der Waals surface area contributed by atoms with E-state index in [0.29, 0.717) is 11.7 Å². The largest absolute Gasteiger partial charge is 0.490 e. The number of aliphatic hydroxyl groups excluding tert-OH is 1. The van der Waals surface area contributed by atoms with Crippen molar-refractivity contribution in [3.05, 3.63) is 64.4 Å². The number of ether oxygens (including phenoxy) is 1. The molecule has 0 aromatic heterocycles. The Morgan fingerprint density at radius 2 is 1.85 bits per heavy atom. The molecule has 104 valence electrons.